The van der Waals surface area contributed by atoms with Crippen LogP contribution < -0.4 is 14.8 Å². The number of hydrogen-bond donors (Lipinski definition) is 1. The van der Waals surface area contributed by atoms with Crippen molar-refractivity contribution < 1.29 is 19.1 Å². The molecule has 0 unspecified atom stereocenters. The minimum atomic E-state index is -0.550. The molecule has 1 aliphatic rings. The van der Waals surface area contributed by atoms with Crippen molar-refractivity contribution in [3.63, 3.8) is 0 Å². The average molecular weight is 501 g/mol. The SMILES string of the molecule is CC[C@@H](C(=O)NC1CCCCC1)N(Cc1ccccc1Cl)C(=O)CCc1ccc(OC)c(OC)c1. The summed E-state index contributed by atoms with van der Waals surface area (Å²) < 4.78 is 10.7. The lowest BCUT2D eigenvalue weighted by Gasteiger charge is -2.33. The molecule has 0 saturated heterocycles. The maximum atomic E-state index is 13.6. The van der Waals surface area contributed by atoms with Gasteiger partial charge in [-0.25, -0.2) is 0 Å². The fourth-order valence-corrected chi connectivity index (χ4v) is 4.90. The summed E-state index contributed by atoms with van der Waals surface area (Å²) in [4.78, 5) is 28.6. The summed E-state index contributed by atoms with van der Waals surface area (Å²) in [6.45, 7) is 2.24. The standard InChI is InChI=1S/C28H37ClN2O4/c1-4-24(28(33)30-22-11-6-5-7-12-22)31(19-21-10-8-9-13-23(21)29)27(32)17-15-20-14-16-25(34-2)26(18-20)35-3/h8-10,13-14,16,18,22,24H,4-7,11-12,15,17,19H2,1-3H3,(H,30,33)/t24-/m0/s1. The fraction of sp³-hybridized carbons (Fsp3) is 0.500. The molecular weight excluding hydrogens is 464 g/mol. The van der Waals surface area contributed by atoms with Crippen LogP contribution in [0.3, 0.4) is 0 Å². The minimum absolute atomic E-state index is 0.0779. The first-order valence-corrected chi connectivity index (χ1v) is 12.9. The van der Waals surface area contributed by atoms with Crippen molar-refractivity contribution in [3.05, 3.63) is 58.6 Å². The van der Waals surface area contributed by atoms with Crippen molar-refractivity contribution >= 4 is 23.4 Å². The maximum absolute atomic E-state index is 13.6. The molecule has 1 N–H and O–H groups in total. The van der Waals surface area contributed by atoms with Gasteiger partial charge in [0.25, 0.3) is 0 Å². The molecule has 0 bridgehead atoms. The van der Waals surface area contributed by atoms with Gasteiger partial charge in [-0.05, 0) is 55.0 Å². The summed E-state index contributed by atoms with van der Waals surface area (Å²) in [7, 11) is 3.19. The van der Waals surface area contributed by atoms with E-state index in [-0.39, 0.29) is 24.3 Å². The lowest BCUT2D eigenvalue weighted by molar-refractivity contribution is -0.141. The molecule has 2 aromatic carbocycles. The quantitative estimate of drug-likeness (QED) is 0.439. The zero-order valence-corrected chi connectivity index (χ0v) is 21.8. The van der Waals surface area contributed by atoms with E-state index >= 15 is 0 Å². The number of ether oxygens (including phenoxy) is 2. The smallest absolute Gasteiger partial charge is 0.243 e. The topological polar surface area (TPSA) is 67.9 Å². The van der Waals surface area contributed by atoms with Gasteiger partial charge in [0.2, 0.25) is 11.8 Å². The highest BCUT2D eigenvalue weighted by Crippen LogP contribution is 2.28. The van der Waals surface area contributed by atoms with E-state index < -0.39 is 6.04 Å². The fourth-order valence-electron chi connectivity index (χ4n) is 4.70. The lowest BCUT2D eigenvalue weighted by Crippen LogP contribution is -2.51. The van der Waals surface area contributed by atoms with Crippen molar-refractivity contribution in [1.29, 1.82) is 0 Å². The Morgan fingerprint density at radius 2 is 1.77 bits per heavy atom. The largest absolute Gasteiger partial charge is 0.493 e. The van der Waals surface area contributed by atoms with E-state index in [0.29, 0.717) is 35.9 Å². The van der Waals surface area contributed by atoms with Crippen molar-refractivity contribution in [2.45, 2.75) is 76.9 Å². The van der Waals surface area contributed by atoms with Gasteiger partial charge in [-0.3, -0.25) is 9.59 Å². The van der Waals surface area contributed by atoms with Gasteiger partial charge in [-0.2, -0.15) is 0 Å². The Morgan fingerprint density at radius 1 is 1.06 bits per heavy atom. The highest BCUT2D eigenvalue weighted by molar-refractivity contribution is 6.31. The second-order valence-corrected chi connectivity index (χ2v) is 9.48. The first kappa shape index (κ1) is 26.9. The Balaban J connectivity index is 1.77. The summed E-state index contributed by atoms with van der Waals surface area (Å²) in [5, 5.41) is 3.80. The van der Waals surface area contributed by atoms with Crippen LogP contribution in [0.15, 0.2) is 42.5 Å². The number of aryl methyl sites for hydroxylation is 1. The lowest BCUT2D eigenvalue weighted by atomic mass is 9.95. The first-order chi connectivity index (χ1) is 17.0. The van der Waals surface area contributed by atoms with E-state index in [1.807, 2.05) is 49.4 Å². The van der Waals surface area contributed by atoms with Crippen LogP contribution in [0.5, 0.6) is 11.5 Å². The van der Waals surface area contributed by atoms with Crippen LogP contribution >= 0.6 is 11.6 Å². The third kappa shape index (κ3) is 7.38. The van der Waals surface area contributed by atoms with E-state index in [2.05, 4.69) is 5.32 Å². The van der Waals surface area contributed by atoms with Gasteiger partial charge in [0.15, 0.2) is 11.5 Å². The van der Waals surface area contributed by atoms with Gasteiger partial charge >= 0.3 is 0 Å². The predicted octanol–water partition coefficient (Wildman–Crippen LogP) is 5.55. The summed E-state index contributed by atoms with van der Waals surface area (Å²) in [6, 6.07) is 12.8. The molecule has 2 aromatic rings. The second kappa shape index (κ2) is 13.4. The highest BCUT2D eigenvalue weighted by Gasteiger charge is 2.30. The number of nitrogens with zero attached hydrogens (tertiary/aromatic N) is 1. The van der Waals surface area contributed by atoms with Crippen molar-refractivity contribution in [3.8, 4) is 11.5 Å². The molecule has 1 atom stereocenters. The Morgan fingerprint density at radius 3 is 2.43 bits per heavy atom. The predicted molar refractivity (Wildman–Crippen MR) is 139 cm³/mol. The molecule has 0 spiro atoms. The molecule has 35 heavy (non-hydrogen) atoms. The van der Waals surface area contributed by atoms with Gasteiger partial charge in [0.1, 0.15) is 6.04 Å². The number of halogens is 1. The molecule has 0 heterocycles. The highest BCUT2D eigenvalue weighted by atomic mass is 35.5. The minimum Gasteiger partial charge on any atom is -0.493 e. The summed E-state index contributed by atoms with van der Waals surface area (Å²) in [5.74, 6) is 1.12. The van der Waals surface area contributed by atoms with Gasteiger partial charge in [-0.15, -0.1) is 0 Å². The number of methoxy groups -OCH3 is 2. The number of amides is 2. The molecule has 0 aromatic heterocycles. The molecular formula is C28H37ClN2O4. The van der Waals surface area contributed by atoms with Crippen LogP contribution in [0.2, 0.25) is 5.02 Å². The molecule has 1 aliphatic carbocycles. The number of hydrogen-bond acceptors (Lipinski definition) is 4. The normalized spacial score (nSPS) is 14.7. The van der Waals surface area contributed by atoms with Crippen molar-refractivity contribution in [1.82, 2.24) is 10.2 Å². The third-order valence-electron chi connectivity index (χ3n) is 6.71. The molecule has 7 heteroatoms. The number of rotatable bonds is 11. The van der Waals surface area contributed by atoms with Crippen LogP contribution in [0.1, 0.15) is 63.0 Å². The molecule has 3 rings (SSSR count). The molecule has 2 amide bonds. The average Bonchev–Trinajstić information content (AvgIpc) is 2.88. The van der Waals surface area contributed by atoms with E-state index in [4.69, 9.17) is 21.1 Å². The van der Waals surface area contributed by atoms with Crippen LogP contribution in [0.4, 0.5) is 0 Å². The van der Waals surface area contributed by atoms with Crippen molar-refractivity contribution in [2.24, 2.45) is 0 Å². The van der Waals surface area contributed by atoms with Crippen LogP contribution in [0, 0.1) is 0 Å². The zero-order chi connectivity index (χ0) is 25.2. The number of nitrogens with one attached hydrogen (secondary N) is 1. The summed E-state index contributed by atoms with van der Waals surface area (Å²) in [5.41, 5.74) is 1.80. The summed E-state index contributed by atoms with van der Waals surface area (Å²) in [6.07, 6.45) is 6.82. The van der Waals surface area contributed by atoms with Gasteiger partial charge < -0.3 is 19.7 Å². The summed E-state index contributed by atoms with van der Waals surface area (Å²) >= 11 is 6.43. The third-order valence-corrected chi connectivity index (χ3v) is 7.08. The first-order valence-electron chi connectivity index (χ1n) is 12.5. The zero-order valence-electron chi connectivity index (χ0n) is 21.0. The molecule has 1 saturated carbocycles. The van der Waals surface area contributed by atoms with Crippen molar-refractivity contribution in [2.75, 3.05) is 14.2 Å². The van der Waals surface area contributed by atoms with Gasteiger partial charge in [0, 0.05) is 24.0 Å². The number of carbonyl (C=O) groups is 2. The van der Waals surface area contributed by atoms with Crippen LogP contribution in [0.25, 0.3) is 0 Å². The molecule has 6 nitrogen and oxygen atoms in total. The Bertz CT molecular complexity index is 991. The number of benzene rings is 2. The Hall–Kier alpha value is -2.73. The molecule has 190 valence electrons. The Kier molecular flexibility index (Phi) is 10.3. The maximum Gasteiger partial charge on any atom is 0.243 e. The van der Waals surface area contributed by atoms with Gasteiger partial charge in [0.05, 0.1) is 14.2 Å². The van der Waals surface area contributed by atoms with E-state index in [1.165, 1.54) is 6.42 Å². The monoisotopic (exact) mass is 500 g/mol. The van der Waals surface area contributed by atoms with E-state index in [9.17, 15) is 9.59 Å². The molecule has 1 fully saturated rings. The molecule has 0 radical (unpaired) electrons. The molecule has 0 aliphatic heterocycles. The van der Waals surface area contributed by atoms with E-state index in [0.717, 1.165) is 36.8 Å². The van der Waals surface area contributed by atoms with Gasteiger partial charge in [-0.1, -0.05) is 62.1 Å². The van der Waals surface area contributed by atoms with Crippen LogP contribution in [-0.4, -0.2) is 43.0 Å². The Labute approximate surface area is 213 Å². The van der Waals surface area contributed by atoms with E-state index in [1.54, 1.807) is 19.1 Å². The second-order valence-electron chi connectivity index (χ2n) is 9.07. The van der Waals surface area contributed by atoms with Crippen LogP contribution in [-0.2, 0) is 22.6 Å². The number of carbonyl (C=O) groups excluding carboxylic acids is 2.